The van der Waals surface area contributed by atoms with E-state index in [1.165, 1.54) is 28.0 Å². The average molecular weight is 514 g/mol. The van der Waals surface area contributed by atoms with Gasteiger partial charge in [-0.05, 0) is 55.3 Å². The summed E-state index contributed by atoms with van der Waals surface area (Å²) in [5.74, 6) is -0.620. The predicted molar refractivity (Wildman–Crippen MR) is 134 cm³/mol. The van der Waals surface area contributed by atoms with Crippen LogP contribution in [-0.4, -0.2) is 37.9 Å². The molecular formula is C26H25F2N3O4S. The Balaban J connectivity index is 1.86. The van der Waals surface area contributed by atoms with E-state index in [0.717, 1.165) is 11.3 Å². The number of hydrogen-bond donors (Lipinski definition) is 0. The zero-order chi connectivity index (χ0) is 26.0. The molecule has 1 unspecified atom stereocenters. The van der Waals surface area contributed by atoms with E-state index in [0.29, 0.717) is 20.6 Å². The summed E-state index contributed by atoms with van der Waals surface area (Å²) in [5.41, 5.74) is 2.74. The number of nitrogens with zero attached hydrogens (tertiary/aromatic N) is 3. The number of carbonyl (C=O) groups is 1. The zero-order valence-electron chi connectivity index (χ0n) is 20.2. The lowest BCUT2D eigenvalue weighted by Gasteiger charge is -2.24. The van der Waals surface area contributed by atoms with E-state index in [4.69, 9.17) is 4.74 Å². The molecule has 0 spiro atoms. The van der Waals surface area contributed by atoms with Crippen LogP contribution in [0.5, 0.6) is 5.75 Å². The molecule has 1 atom stereocenters. The third-order valence-electron chi connectivity index (χ3n) is 5.65. The van der Waals surface area contributed by atoms with Gasteiger partial charge in [-0.25, -0.2) is 9.79 Å². The van der Waals surface area contributed by atoms with Crippen molar-refractivity contribution in [3.05, 3.63) is 90.6 Å². The van der Waals surface area contributed by atoms with Crippen molar-refractivity contribution in [2.75, 3.05) is 25.6 Å². The number of halogens is 2. The molecule has 1 aromatic heterocycles. The third kappa shape index (κ3) is 5.08. The van der Waals surface area contributed by atoms with Gasteiger partial charge in [0.05, 0.1) is 28.5 Å². The first-order valence-electron chi connectivity index (χ1n) is 11.2. The molecule has 36 heavy (non-hydrogen) atoms. The number of anilines is 1. The smallest absolute Gasteiger partial charge is 0.387 e. The molecule has 0 aliphatic carbocycles. The summed E-state index contributed by atoms with van der Waals surface area (Å²) in [6, 6.07) is 12.8. The summed E-state index contributed by atoms with van der Waals surface area (Å²) in [6.45, 7) is 0.565. The molecule has 1 aliphatic rings. The van der Waals surface area contributed by atoms with Crippen LogP contribution in [0, 0.1) is 0 Å². The monoisotopic (exact) mass is 513 g/mol. The van der Waals surface area contributed by atoms with Gasteiger partial charge in [-0.15, -0.1) is 0 Å². The molecule has 1 aliphatic heterocycles. The molecule has 0 N–H and O–H groups in total. The highest BCUT2D eigenvalue weighted by atomic mass is 32.1. The molecule has 0 saturated carbocycles. The van der Waals surface area contributed by atoms with E-state index < -0.39 is 18.6 Å². The minimum absolute atomic E-state index is 0.0271. The summed E-state index contributed by atoms with van der Waals surface area (Å²) in [4.78, 5) is 33.5. The fraction of sp³-hybridized carbons (Fsp3) is 0.269. The van der Waals surface area contributed by atoms with Crippen molar-refractivity contribution < 1.29 is 23.0 Å². The molecule has 2 aromatic carbocycles. The number of ether oxygens (including phenoxy) is 2. The van der Waals surface area contributed by atoms with Crippen molar-refractivity contribution in [2.45, 2.75) is 26.5 Å². The normalized spacial score (nSPS) is 15.5. The van der Waals surface area contributed by atoms with Crippen LogP contribution in [0.2, 0.25) is 0 Å². The number of rotatable bonds is 7. The fourth-order valence-corrected chi connectivity index (χ4v) is 5.01. The summed E-state index contributed by atoms with van der Waals surface area (Å²) in [5, 5.41) is 0. The first-order valence-corrected chi connectivity index (χ1v) is 12.0. The number of benzene rings is 2. The van der Waals surface area contributed by atoms with Crippen LogP contribution in [0.4, 0.5) is 14.5 Å². The second kappa shape index (κ2) is 10.4. The molecule has 0 saturated heterocycles. The van der Waals surface area contributed by atoms with Gasteiger partial charge in [0.1, 0.15) is 5.75 Å². The van der Waals surface area contributed by atoms with Gasteiger partial charge in [0.2, 0.25) is 0 Å². The third-order valence-corrected chi connectivity index (χ3v) is 6.63. The van der Waals surface area contributed by atoms with Crippen molar-refractivity contribution in [2.24, 2.45) is 4.99 Å². The molecule has 0 bridgehead atoms. The Morgan fingerprint density at radius 1 is 1.17 bits per heavy atom. The van der Waals surface area contributed by atoms with Crippen molar-refractivity contribution in [1.29, 1.82) is 0 Å². The van der Waals surface area contributed by atoms with Gasteiger partial charge in [0.25, 0.3) is 5.56 Å². The standard InChI is InChI=1S/C26H25F2N3O4S/c1-5-34-24(33)21-15(2)29-26-31(22(21)17-8-12-19(13-9-17)35-25(27)28)23(32)20(36-26)14-16-6-10-18(11-7-16)30(3)4/h6-14,22,25H,5H2,1-4H3/b20-14+. The maximum atomic E-state index is 13.6. The lowest BCUT2D eigenvalue weighted by atomic mass is 9.96. The second-order valence-electron chi connectivity index (χ2n) is 8.24. The SMILES string of the molecule is CCOC(=O)C1=C(C)N=c2s/c(=C/c3ccc(N(C)C)cc3)c(=O)n2C1c1ccc(OC(F)F)cc1. The molecule has 188 valence electrons. The first kappa shape index (κ1) is 25.3. The number of thiazole rings is 1. The Kier molecular flexibility index (Phi) is 7.35. The number of fused-ring (bicyclic) bond motifs is 1. The number of carbonyl (C=O) groups excluding carboxylic acids is 1. The molecule has 2 heterocycles. The number of aromatic nitrogens is 1. The van der Waals surface area contributed by atoms with Crippen LogP contribution in [0.25, 0.3) is 6.08 Å². The van der Waals surface area contributed by atoms with Gasteiger partial charge in [-0.3, -0.25) is 9.36 Å². The van der Waals surface area contributed by atoms with Crippen LogP contribution >= 0.6 is 11.3 Å². The fourth-order valence-electron chi connectivity index (χ4n) is 3.96. The highest BCUT2D eigenvalue weighted by Gasteiger charge is 2.33. The largest absolute Gasteiger partial charge is 0.463 e. The van der Waals surface area contributed by atoms with E-state index in [-0.39, 0.29) is 23.5 Å². The average Bonchev–Trinajstić information content (AvgIpc) is 3.13. The predicted octanol–water partition coefficient (Wildman–Crippen LogP) is 3.47. The highest BCUT2D eigenvalue weighted by Crippen LogP contribution is 2.31. The van der Waals surface area contributed by atoms with Gasteiger partial charge in [-0.1, -0.05) is 35.6 Å². The van der Waals surface area contributed by atoms with Crippen LogP contribution in [0.3, 0.4) is 0 Å². The van der Waals surface area contributed by atoms with Gasteiger partial charge in [0, 0.05) is 19.8 Å². The van der Waals surface area contributed by atoms with Gasteiger partial charge >= 0.3 is 12.6 Å². The molecule has 4 rings (SSSR count). The molecule has 0 fully saturated rings. The van der Waals surface area contributed by atoms with E-state index in [1.807, 2.05) is 43.3 Å². The summed E-state index contributed by atoms with van der Waals surface area (Å²) < 4.78 is 36.9. The summed E-state index contributed by atoms with van der Waals surface area (Å²) >= 11 is 1.22. The maximum Gasteiger partial charge on any atom is 0.387 e. The minimum atomic E-state index is -2.96. The lowest BCUT2D eigenvalue weighted by Crippen LogP contribution is -2.39. The van der Waals surface area contributed by atoms with E-state index in [1.54, 1.807) is 32.1 Å². The second-order valence-corrected chi connectivity index (χ2v) is 9.24. The molecule has 10 heteroatoms. The minimum Gasteiger partial charge on any atom is -0.463 e. The lowest BCUT2D eigenvalue weighted by molar-refractivity contribution is -0.139. The maximum absolute atomic E-state index is 13.6. The van der Waals surface area contributed by atoms with Gasteiger partial charge < -0.3 is 14.4 Å². The van der Waals surface area contributed by atoms with E-state index in [9.17, 15) is 18.4 Å². The van der Waals surface area contributed by atoms with Gasteiger partial charge in [0.15, 0.2) is 4.80 Å². The van der Waals surface area contributed by atoms with Crippen molar-refractivity contribution in [3.8, 4) is 5.75 Å². The number of hydrogen-bond acceptors (Lipinski definition) is 7. The topological polar surface area (TPSA) is 73.1 Å². The van der Waals surface area contributed by atoms with Crippen molar-refractivity contribution >= 4 is 29.1 Å². The summed E-state index contributed by atoms with van der Waals surface area (Å²) in [7, 11) is 3.89. The first-order chi connectivity index (χ1) is 17.2. The highest BCUT2D eigenvalue weighted by molar-refractivity contribution is 7.07. The van der Waals surface area contributed by atoms with Gasteiger partial charge in [-0.2, -0.15) is 8.78 Å². The van der Waals surface area contributed by atoms with Crippen LogP contribution in [0.1, 0.15) is 31.0 Å². The Morgan fingerprint density at radius 2 is 1.83 bits per heavy atom. The Morgan fingerprint density at radius 3 is 2.42 bits per heavy atom. The Hall–Kier alpha value is -3.79. The number of allylic oxidation sites excluding steroid dienone is 1. The quantitative estimate of drug-likeness (QED) is 0.453. The molecule has 7 nitrogen and oxygen atoms in total. The van der Waals surface area contributed by atoms with Crippen LogP contribution in [-0.2, 0) is 9.53 Å². The van der Waals surface area contributed by atoms with Crippen LogP contribution in [0.15, 0.2) is 69.6 Å². The molecule has 0 amide bonds. The van der Waals surface area contributed by atoms with E-state index >= 15 is 0 Å². The number of esters is 1. The Bertz CT molecular complexity index is 1470. The van der Waals surface area contributed by atoms with Crippen molar-refractivity contribution in [3.63, 3.8) is 0 Å². The molecular weight excluding hydrogens is 488 g/mol. The Labute approximate surface area is 210 Å². The van der Waals surface area contributed by atoms with E-state index in [2.05, 4.69) is 9.73 Å². The van der Waals surface area contributed by atoms with Crippen LogP contribution < -0.4 is 24.5 Å². The zero-order valence-corrected chi connectivity index (χ0v) is 21.0. The summed E-state index contributed by atoms with van der Waals surface area (Å²) in [6.07, 6.45) is 1.78. The molecule has 0 radical (unpaired) electrons. The van der Waals surface area contributed by atoms with Crippen molar-refractivity contribution in [1.82, 2.24) is 4.57 Å². The number of alkyl halides is 2. The molecule has 3 aromatic rings.